The number of carbonyl (C=O) groups excluding carboxylic acids is 1. The Balaban J connectivity index is 1.50. The van der Waals surface area contributed by atoms with Crippen LogP contribution in [-0.4, -0.2) is 37.7 Å². The van der Waals surface area contributed by atoms with Crippen LogP contribution >= 0.6 is 0 Å². The Morgan fingerprint density at radius 2 is 2.00 bits per heavy atom. The zero-order chi connectivity index (χ0) is 24.5. The molecule has 3 N–H and O–H groups in total. The zero-order valence-corrected chi connectivity index (χ0v) is 17.3. The van der Waals surface area contributed by atoms with Crippen molar-refractivity contribution in [1.29, 1.82) is 0 Å². The molecule has 0 unspecified atom stereocenters. The first kappa shape index (κ1) is 22.7. The third kappa shape index (κ3) is 4.65. The van der Waals surface area contributed by atoms with E-state index in [9.17, 15) is 27.2 Å². The van der Waals surface area contributed by atoms with Gasteiger partial charge < -0.3 is 15.4 Å². The molecule has 0 fully saturated rings. The summed E-state index contributed by atoms with van der Waals surface area (Å²) in [5, 5.41) is 11.5. The van der Waals surface area contributed by atoms with Crippen LogP contribution in [0.1, 0.15) is 5.56 Å². The minimum Gasteiger partial charge on any atom is -0.494 e. The second kappa shape index (κ2) is 8.80. The number of fused-ring (bicyclic) bond motifs is 1. The Labute approximate surface area is 187 Å². The third-order valence-electron chi connectivity index (χ3n) is 4.63. The van der Waals surface area contributed by atoms with Gasteiger partial charge in [0.2, 0.25) is 5.91 Å². The molecule has 176 valence electrons. The number of halogens is 4. The van der Waals surface area contributed by atoms with Crippen molar-refractivity contribution in [2.75, 3.05) is 17.7 Å². The standard InChI is InChI=1S/C20H15F4N7O3/c1-34-13-4-3-11(6-12(13)21)27-15(32)8-31-9-26-16-17(19(31)33)29-30-18(16)28-14-5-2-10(7-25-14)20(22,23)24/h2-7,9H,8H2,1H3,(H,27,32)(H2,25,28,29,30). The second-order valence-electron chi connectivity index (χ2n) is 6.93. The van der Waals surface area contributed by atoms with Crippen molar-refractivity contribution in [3.63, 3.8) is 0 Å². The van der Waals surface area contributed by atoms with Gasteiger partial charge in [0.15, 0.2) is 22.9 Å². The number of H-pyrrole nitrogens is 1. The number of methoxy groups -OCH3 is 1. The Morgan fingerprint density at radius 1 is 1.21 bits per heavy atom. The maximum atomic E-state index is 13.8. The summed E-state index contributed by atoms with van der Waals surface area (Å²) in [5.74, 6) is -1.15. The molecule has 0 saturated carbocycles. The number of nitrogens with zero attached hydrogens (tertiary/aromatic N) is 4. The molecule has 0 aliphatic rings. The van der Waals surface area contributed by atoms with E-state index in [1.165, 1.54) is 19.2 Å². The fourth-order valence-electron chi connectivity index (χ4n) is 2.99. The number of hydrogen-bond acceptors (Lipinski definition) is 7. The highest BCUT2D eigenvalue weighted by Crippen LogP contribution is 2.29. The van der Waals surface area contributed by atoms with Crippen LogP contribution in [0.4, 0.5) is 34.9 Å². The highest BCUT2D eigenvalue weighted by atomic mass is 19.4. The van der Waals surface area contributed by atoms with E-state index in [1.54, 1.807) is 0 Å². The lowest BCUT2D eigenvalue weighted by Gasteiger charge is -2.09. The number of aromatic nitrogens is 5. The molecule has 0 aliphatic carbocycles. The first-order valence-electron chi connectivity index (χ1n) is 9.53. The first-order chi connectivity index (χ1) is 16.2. The maximum absolute atomic E-state index is 13.8. The number of aromatic amines is 1. The van der Waals surface area contributed by atoms with Crippen LogP contribution < -0.4 is 20.9 Å². The lowest BCUT2D eigenvalue weighted by atomic mass is 10.3. The van der Waals surface area contributed by atoms with Crippen molar-refractivity contribution in [3.05, 3.63) is 64.6 Å². The summed E-state index contributed by atoms with van der Waals surface area (Å²) in [6.07, 6.45) is -2.75. The van der Waals surface area contributed by atoms with Gasteiger partial charge in [0.25, 0.3) is 5.56 Å². The van der Waals surface area contributed by atoms with E-state index in [0.717, 1.165) is 29.1 Å². The number of amides is 1. The summed E-state index contributed by atoms with van der Waals surface area (Å²) < 4.78 is 57.6. The number of rotatable bonds is 6. The zero-order valence-electron chi connectivity index (χ0n) is 17.3. The number of nitrogens with one attached hydrogen (secondary N) is 3. The molecule has 3 aromatic heterocycles. The van der Waals surface area contributed by atoms with Crippen molar-refractivity contribution in [3.8, 4) is 5.75 Å². The monoisotopic (exact) mass is 477 g/mol. The SMILES string of the molecule is COc1ccc(NC(=O)Cn2cnc3c(Nc4ccc(C(F)(F)F)cn4)n[nH]c3c2=O)cc1F. The van der Waals surface area contributed by atoms with E-state index < -0.39 is 35.6 Å². The minimum atomic E-state index is -4.52. The van der Waals surface area contributed by atoms with E-state index in [0.29, 0.717) is 6.20 Å². The first-order valence-corrected chi connectivity index (χ1v) is 9.53. The van der Waals surface area contributed by atoms with Gasteiger partial charge >= 0.3 is 6.18 Å². The molecule has 0 radical (unpaired) electrons. The number of anilines is 3. The number of alkyl halides is 3. The minimum absolute atomic E-state index is 0.0130. The molecule has 10 nitrogen and oxygen atoms in total. The summed E-state index contributed by atoms with van der Waals surface area (Å²) in [6, 6.07) is 5.80. The fraction of sp³-hybridized carbons (Fsp3) is 0.150. The second-order valence-corrected chi connectivity index (χ2v) is 6.93. The van der Waals surface area contributed by atoms with E-state index >= 15 is 0 Å². The lowest BCUT2D eigenvalue weighted by Crippen LogP contribution is -2.28. The number of benzene rings is 1. The van der Waals surface area contributed by atoms with Crippen molar-refractivity contribution in [1.82, 2.24) is 24.7 Å². The Hall–Kier alpha value is -4.49. The normalized spacial score (nSPS) is 11.4. The maximum Gasteiger partial charge on any atom is 0.417 e. The molecule has 0 saturated heterocycles. The van der Waals surface area contributed by atoms with Gasteiger partial charge in [-0.25, -0.2) is 14.4 Å². The van der Waals surface area contributed by atoms with Gasteiger partial charge in [-0.3, -0.25) is 19.3 Å². The van der Waals surface area contributed by atoms with Crippen LogP contribution in [0.15, 0.2) is 47.7 Å². The average Bonchev–Trinajstić information content (AvgIpc) is 3.19. The van der Waals surface area contributed by atoms with Gasteiger partial charge in [0.1, 0.15) is 17.9 Å². The molecule has 3 heterocycles. The summed E-state index contributed by atoms with van der Waals surface area (Å²) in [5.41, 5.74) is -1.31. The smallest absolute Gasteiger partial charge is 0.417 e. The third-order valence-corrected chi connectivity index (χ3v) is 4.63. The van der Waals surface area contributed by atoms with Crippen molar-refractivity contribution in [2.45, 2.75) is 12.7 Å². The molecule has 4 rings (SSSR count). The topological polar surface area (TPSA) is 127 Å². The van der Waals surface area contributed by atoms with Crippen molar-refractivity contribution in [2.24, 2.45) is 0 Å². The van der Waals surface area contributed by atoms with E-state index in [-0.39, 0.29) is 34.1 Å². The van der Waals surface area contributed by atoms with Crippen molar-refractivity contribution >= 4 is 34.3 Å². The van der Waals surface area contributed by atoms with Gasteiger partial charge in [0, 0.05) is 18.0 Å². The van der Waals surface area contributed by atoms with Gasteiger partial charge in [-0.05, 0) is 24.3 Å². The predicted molar refractivity (Wildman–Crippen MR) is 112 cm³/mol. The van der Waals surface area contributed by atoms with Crippen LogP contribution in [0.5, 0.6) is 5.75 Å². The molecule has 4 aromatic rings. The van der Waals surface area contributed by atoms with E-state index in [4.69, 9.17) is 4.74 Å². The molecular formula is C20H15F4N7O3. The lowest BCUT2D eigenvalue weighted by molar-refractivity contribution is -0.137. The summed E-state index contributed by atoms with van der Waals surface area (Å²) in [6.45, 7) is -0.419. The van der Waals surface area contributed by atoms with Gasteiger partial charge in [-0.1, -0.05) is 0 Å². The summed E-state index contributed by atoms with van der Waals surface area (Å²) in [7, 11) is 1.31. The van der Waals surface area contributed by atoms with Crippen LogP contribution in [0, 0.1) is 5.82 Å². The van der Waals surface area contributed by atoms with Crippen LogP contribution in [-0.2, 0) is 17.5 Å². The Bertz CT molecular complexity index is 1410. The molecule has 1 amide bonds. The van der Waals surface area contributed by atoms with E-state index in [2.05, 4.69) is 30.8 Å². The average molecular weight is 477 g/mol. The molecule has 0 bridgehead atoms. The molecule has 1 aromatic carbocycles. The van der Waals surface area contributed by atoms with Gasteiger partial charge in [-0.2, -0.15) is 18.3 Å². The number of ether oxygens (including phenoxy) is 1. The molecule has 14 heteroatoms. The quantitative estimate of drug-likeness (QED) is 0.364. The molecule has 0 spiro atoms. The highest BCUT2D eigenvalue weighted by Gasteiger charge is 2.30. The van der Waals surface area contributed by atoms with Crippen molar-refractivity contribution < 1.29 is 27.1 Å². The van der Waals surface area contributed by atoms with Crippen LogP contribution in [0.2, 0.25) is 0 Å². The highest BCUT2D eigenvalue weighted by molar-refractivity contribution is 5.91. The predicted octanol–water partition coefficient (Wildman–Crippen LogP) is 3.06. The van der Waals surface area contributed by atoms with Gasteiger partial charge in [0.05, 0.1) is 19.0 Å². The number of pyridine rings is 1. The number of hydrogen-bond donors (Lipinski definition) is 3. The fourth-order valence-corrected chi connectivity index (χ4v) is 2.99. The number of carbonyl (C=O) groups is 1. The molecule has 34 heavy (non-hydrogen) atoms. The van der Waals surface area contributed by atoms with E-state index in [1.807, 2.05) is 0 Å². The Kier molecular flexibility index (Phi) is 5.88. The molecule has 0 aliphatic heterocycles. The largest absolute Gasteiger partial charge is 0.494 e. The van der Waals surface area contributed by atoms with Crippen LogP contribution in [0.3, 0.4) is 0 Å². The summed E-state index contributed by atoms with van der Waals surface area (Å²) >= 11 is 0. The van der Waals surface area contributed by atoms with Crippen LogP contribution in [0.25, 0.3) is 11.0 Å². The Morgan fingerprint density at radius 3 is 2.65 bits per heavy atom. The molecular weight excluding hydrogens is 462 g/mol. The van der Waals surface area contributed by atoms with Gasteiger partial charge in [-0.15, -0.1) is 0 Å². The molecule has 0 atom stereocenters. The summed E-state index contributed by atoms with van der Waals surface area (Å²) in [4.78, 5) is 32.8.